The Bertz CT molecular complexity index is 1410. The summed E-state index contributed by atoms with van der Waals surface area (Å²) in [5, 5.41) is 14.3. The lowest BCUT2D eigenvalue weighted by Crippen LogP contribution is -2.50. The van der Waals surface area contributed by atoms with Crippen LogP contribution in [-0.4, -0.2) is 60.4 Å². The average molecular weight is 514 g/mol. The highest BCUT2D eigenvalue weighted by Gasteiger charge is 2.64. The molecule has 0 saturated carbocycles. The van der Waals surface area contributed by atoms with Crippen LogP contribution in [0.15, 0.2) is 36.9 Å². The summed E-state index contributed by atoms with van der Waals surface area (Å²) in [5.74, 6) is 0.203. The summed E-state index contributed by atoms with van der Waals surface area (Å²) in [6.45, 7) is -0.886. The number of carbonyl (C=O) groups excluding carboxylic acids is 1. The van der Waals surface area contributed by atoms with Crippen molar-refractivity contribution in [1.82, 2.24) is 34.6 Å². The lowest BCUT2D eigenvalue weighted by molar-refractivity contribution is -0.270. The largest absolute Gasteiger partial charge is 0.425 e. The second-order valence-electron chi connectivity index (χ2n) is 7.12. The molecular formula is C18H12Cl2F3N9O2. The van der Waals surface area contributed by atoms with Gasteiger partial charge >= 0.3 is 12.2 Å². The number of methoxy groups -OCH3 is 1. The summed E-state index contributed by atoms with van der Waals surface area (Å²) in [6.07, 6.45) is 0.355. The van der Waals surface area contributed by atoms with Gasteiger partial charge in [-0.2, -0.15) is 28.5 Å². The first-order chi connectivity index (χ1) is 16.1. The Morgan fingerprint density at radius 3 is 2.56 bits per heavy atom. The third kappa shape index (κ3) is 3.33. The molecule has 0 radical (unpaired) electrons. The van der Waals surface area contributed by atoms with Crippen LogP contribution in [0.4, 0.5) is 29.3 Å². The lowest BCUT2D eigenvalue weighted by Gasteiger charge is -2.30. The highest BCUT2D eigenvalue weighted by atomic mass is 35.5. The highest BCUT2D eigenvalue weighted by molar-refractivity contribution is 6.32. The predicted molar refractivity (Wildman–Crippen MR) is 113 cm³/mol. The van der Waals surface area contributed by atoms with Gasteiger partial charge in [0.15, 0.2) is 16.6 Å². The molecule has 0 spiro atoms. The van der Waals surface area contributed by atoms with Crippen molar-refractivity contribution in [3.05, 3.63) is 52.8 Å². The second kappa shape index (κ2) is 7.78. The van der Waals surface area contributed by atoms with Crippen molar-refractivity contribution in [2.75, 3.05) is 23.9 Å². The van der Waals surface area contributed by atoms with Gasteiger partial charge in [-0.25, -0.2) is 19.3 Å². The summed E-state index contributed by atoms with van der Waals surface area (Å²) < 4.78 is 48.8. The zero-order valence-corrected chi connectivity index (χ0v) is 18.5. The normalized spacial score (nSPS) is 17.9. The van der Waals surface area contributed by atoms with Gasteiger partial charge in [0.25, 0.3) is 0 Å². The lowest BCUT2D eigenvalue weighted by atomic mass is 10.0. The first kappa shape index (κ1) is 22.3. The standard InChI is InChI=1S/C18H12Cl2F3N9O2/c1-34-17(18(21,22)23)8-30(11-7-24-13-5-12(20)29-31(13)14(11)17)16(33)28-9-4-10(19)15(25-6-9)32-26-2-3-27-32/h2-7H,8H2,1H3,(H,28,33)/t17-/m1/s1. The van der Waals surface area contributed by atoms with Crippen LogP contribution in [0.5, 0.6) is 0 Å². The van der Waals surface area contributed by atoms with E-state index >= 15 is 0 Å². The van der Waals surface area contributed by atoms with Crippen LogP contribution >= 0.6 is 23.2 Å². The molecule has 2 amide bonds. The van der Waals surface area contributed by atoms with E-state index in [0.717, 1.165) is 22.7 Å². The molecule has 34 heavy (non-hydrogen) atoms. The van der Waals surface area contributed by atoms with Gasteiger partial charge in [0.2, 0.25) is 5.60 Å². The van der Waals surface area contributed by atoms with Crippen LogP contribution in [0.3, 0.4) is 0 Å². The van der Waals surface area contributed by atoms with Crippen molar-refractivity contribution < 1.29 is 22.7 Å². The molecule has 11 nitrogen and oxygen atoms in total. The molecule has 1 aliphatic rings. The molecular weight excluding hydrogens is 502 g/mol. The third-order valence-electron chi connectivity index (χ3n) is 5.22. The topological polar surface area (TPSA) is 115 Å². The quantitative estimate of drug-likeness (QED) is 0.445. The molecule has 4 aromatic rings. The molecule has 4 aromatic heterocycles. The number of fused-ring (bicyclic) bond motifs is 3. The number of hydrogen-bond donors (Lipinski definition) is 1. The maximum Gasteiger partial charge on any atom is 0.425 e. The zero-order chi connectivity index (χ0) is 24.3. The van der Waals surface area contributed by atoms with Gasteiger partial charge in [-0.1, -0.05) is 23.2 Å². The molecule has 1 aliphatic heterocycles. The fourth-order valence-corrected chi connectivity index (χ4v) is 4.11. The molecule has 5 rings (SSSR count). The van der Waals surface area contributed by atoms with E-state index in [1.54, 1.807) is 0 Å². The summed E-state index contributed by atoms with van der Waals surface area (Å²) in [7, 11) is 0.905. The van der Waals surface area contributed by atoms with E-state index in [2.05, 4.69) is 30.6 Å². The number of urea groups is 1. The molecule has 0 unspecified atom stereocenters. The summed E-state index contributed by atoms with van der Waals surface area (Å²) in [4.78, 5) is 23.3. The number of aromatic nitrogens is 7. The summed E-state index contributed by atoms with van der Waals surface area (Å²) in [6, 6.07) is 1.77. The van der Waals surface area contributed by atoms with E-state index in [0.29, 0.717) is 0 Å². The number of ether oxygens (including phenoxy) is 1. The van der Waals surface area contributed by atoms with Crippen LogP contribution in [0.25, 0.3) is 11.5 Å². The molecule has 5 heterocycles. The molecule has 16 heteroatoms. The van der Waals surface area contributed by atoms with Crippen LogP contribution in [0.2, 0.25) is 10.2 Å². The number of alkyl halides is 3. The van der Waals surface area contributed by atoms with Gasteiger partial charge in [-0.15, -0.1) is 4.80 Å². The van der Waals surface area contributed by atoms with Crippen LogP contribution < -0.4 is 10.2 Å². The van der Waals surface area contributed by atoms with Crippen LogP contribution in [0, 0.1) is 0 Å². The van der Waals surface area contributed by atoms with E-state index in [1.165, 1.54) is 35.5 Å². The Hall–Kier alpha value is -3.49. The van der Waals surface area contributed by atoms with Gasteiger partial charge in [0.1, 0.15) is 5.69 Å². The van der Waals surface area contributed by atoms with Crippen LogP contribution in [0.1, 0.15) is 5.69 Å². The predicted octanol–water partition coefficient (Wildman–Crippen LogP) is 3.47. The van der Waals surface area contributed by atoms with Gasteiger partial charge in [0, 0.05) is 13.2 Å². The first-order valence-corrected chi connectivity index (χ1v) is 10.2. The first-order valence-electron chi connectivity index (χ1n) is 9.42. The third-order valence-corrected chi connectivity index (χ3v) is 5.68. The smallest absolute Gasteiger partial charge is 0.362 e. The van der Waals surface area contributed by atoms with Gasteiger partial charge in [-0.3, -0.25) is 4.90 Å². The number of nitrogens with one attached hydrogen (secondary N) is 1. The Morgan fingerprint density at radius 1 is 1.18 bits per heavy atom. The number of nitrogens with zero attached hydrogens (tertiary/aromatic N) is 8. The minimum atomic E-state index is -4.90. The fourth-order valence-electron chi connectivity index (χ4n) is 3.70. The van der Waals surface area contributed by atoms with E-state index < -0.39 is 30.0 Å². The van der Waals surface area contributed by atoms with Gasteiger partial charge < -0.3 is 10.1 Å². The minimum Gasteiger partial charge on any atom is -0.362 e. The Balaban J connectivity index is 1.53. The highest BCUT2D eigenvalue weighted by Crippen LogP contribution is 2.50. The molecule has 176 valence electrons. The van der Waals surface area contributed by atoms with E-state index in [9.17, 15) is 18.0 Å². The number of hydrogen-bond acceptors (Lipinski definition) is 7. The van der Waals surface area contributed by atoms with Crippen molar-refractivity contribution in [3.8, 4) is 5.82 Å². The molecule has 0 aliphatic carbocycles. The number of amides is 2. The molecule has 0 bridgehead atoms. The molecule has 1 N–H and O–H groups in total. The maximum absolute atomic E-state index is 14.3. The number of anilines is 2. The Labute approximate surface area is 198 Å². The monoisotopic (exact) mass is 513 g/mol. The van der Waals surface area contributed by atoms with Crippen molar-refractivity contribution in [2.24, 2.45) is 0 Å². The molecule has 1 atom stereocenters. The number of halogens is 5. The van der Waals surface area contributed by atoms with Crippen molar-refractivity contribution in [3.63, 3.8) is 0 Å². The molecule has 0 aromatic carbocycles. The summed E-state index contributed by atoms with van der Waals surface area (Å²) in [5.41, 5.74) is -3.26. The zero-order valence-electron chi connectivity index (χ0n) is 17.0. The molecule has 0 fully saturated rings. The van der Waals surface area contributed by atoms with Crippen LogP contribution in [-0.2, 0) is 10.3 Å². The number of carbonyl (C=O) groups is 1. The van der Waals surface area contributed by atoms with Gasteiger partial charge in [-0.05, 0) is 6.07 Å². The van der Waals surface area contributed by atoms with E-state index in [-0.39, 0.29) is 33.0 Å². The summed E-state index contributed by atoms with van der Waals surface area (Å²) >= 11 is 12.1. The minimum absolute atomic E-state index is 0.0653. The van der Waals surface area contributed by atoms with Crippen molar-refractivity contribution >= 4 is 46.3 Å². The second-order valence-corrected chi connectivity index (χ2v) is 7.92. The Morgan fingerprint density at radius 2 is 1.91 bits per heavy atom. The fraction of sp³-hybridized carbons (Fsp3) is 0.222. The maximum atomic E-state index is 14.3. The van der Waals surface area contributed by atoms with E-state index in [1.807, 2.05) is 0 Å². The van der Waals surface area contributed by atoms with Crippen molar-refractivity contribution in [2.45, 2.75) is 11.8 Å². The molecule has 0 saturated heterocycles. The Kier molecular flexibility index (Phi) is 5.11. The number of rotatable bonds is 3. The average Bonchev–Trinajstić information content (AvgIpc) is 3.49. The number of pyridine rings is 1. The van der Waals surface area contributed by atoms with E-state index in [4.69, 9.17) is 27.9 Å². The SMILES string of the molecule is CO[C@]1(C(F)(F)F)CN(C(=O)Nc2cnc(-n3nccn3)c(Cl)c2)c2cnc3cc(Cl)nn3c21. The van der Waals surface area contributed by atoms with Gasteiger partial charge in [0.05, 0.1) is 47.7 Å². The van der Waals surface area contributed by atoms with Crippen molar-refractivity contribution in [1.29, 1.82) is 0 Å².